The fourth-order valence-electron chi connectivity index (χ4n) is 3.48. The van der Waals surface area contributed by atoms with Crippen LogP contribution in [0.15, 0.2) is 18.2 Å². The van der Waals surface area contributed by atoms with Crippen LogP contribution in [-0.4, -0.2) is 47.9 Å². The van der Waals surface area contributed by atoms with Crippen molar-refractivity contribution in [2.24, 2.45) is 0 Å². The molecule has 1 atom stereocenters. The van der Waals surface area contributed by atoms with Gasteiger partial charge in [-0.25, -0.2) is 9.18 Å². The van der Waals surface area contributed by atoms with Gasteiger partial charge in [-0.2, -0.15) is 0 Å². The minimum atomic E-state index is -1.72. The molecule has 2 rings (SSSR count). The third-order valence-electron chi connectivity index (χ3n) is 4.88. The molecule has 0 N–H and O–H groups in total. The summed E-state index contributed by atoms with van der Waals surface area (Å²) in [4.78, 5) is 26.0. The molecule has 0 bridgehead atoms. The molecule has 1 aliphatic heterocycles. The molecule has 1 unspecified atom stereocenters. The van der Waals surface area contributed by atoms with Crippen molar-refractivity contribution in [3.63, 3.8) is 0 Å². The topological polar surface area (TPSA) is 55.8 Å². The highest BCUT2D eigenvalue weighted by molar-refractivity contribution is 6.35. The highest BCUT2D eigenvalue weighted by Crippen LogP contribution is 2.45. The second-order valence-electron chi connectivity index (χ2n) is 8.23. The first-order valence-corrected chi connectivity index (χ1v) is 10.5. The molecule has 1 aromatic rings. The van der Waals surface area contributed by atoms with Gasteiger partial charge in [-0.3, -0.25) is 4.79 Å². The Kier molecular flexibility index (Phi) is 7.80. The quantitative estimate of drug-likeness (QED) is 0.537. The highest BCUT2D eigenvalue weighted by Gasteiger charge is 2.45. The van der Waals surface area contributed by atoms with Crippen LogP contribution in [0.5, 0.6) is 0 Å². The summed E-state index contributed by atoms with van der Waals surface area (Å²) in [7, 11) is 0. The van der Waals surface area contributed by atoms with Gasteiger partial charge in [-0.1, -0.05) is 29.3 Å². The number of carbonyl (C=O) groups excluding carboxylic acids is 2. The van der Waals surface area contributed by atoms with Gasteiger partial charge in [0.15, 0.2) is 0 Å². The highest BCUT2D eigenvalue weighted by atomic mass is 35.5. The summed E-state index contributed by atoms with van der Waals surface area (Å²) in [6.07, 6.45) is -0.478. The minimum Gasteiger partial charge on any atom is -0.466 e. The number of benzene rings is 1. The van der Waals surface area contributed by atoms with Gasteiger partial charge in [0.2, 0.25) is 0 Å². The predicted octanol–water partition coefficient (Wildman–Crippen LogP) is 5.77. The average Bonchev–Trinajstić information content (AvgIpc) is 2.59. The molecule has 1 aromatic carbocycles. The number of carbonyl (C=O) groups is 2. The molecule has 1 saturated heterocycles. The van der Waals surface area contributed by atoms with E-state index in [1.54, 1.807) is 39.8 Å². The summed E-state index contributed by atoms with van der Waals surface area (Å²) in [5, 5.41) is 0.736. The summed E-state index contributed by atoms with van der Waals surface area (Å²) in [6, 6.07) is 4.81. The number of esters is 1. The molecule has 0 aliphatic carbocycles. The number of halogens is 3. The molecule has 162 valence electrons. The largest absolute Gasteiger partial charge is 0.466 e. The Labute approximate surface area is 181 Å². The number of rotatable bonds is 5. The smallest absolute Gasteiger partial charge is 0.410 e. The van der Waals surface area contributed by atoms with E-state index >= 15 is 4.39 Å². The Morgan fingerprint density at radius 3 is 2.38 bits per heavy atom. The molecule has 1 heterocycles. The number of amides is 1. The monoisotopic (exact) mass is 447 g/mol. The van der Waals surface area contributed by atoms with Crippen LogP contribution in [0.4, 0.5) is 9.18 Å². The number of hydrogen-bond acceptors (Lipinski definition) is 4. The van der Waals surface area contributed by atoms with Gasteiger partial charge >= 0.3 is 12.1 Å². The molecule has 0 radical (unpaired) electrons. The van der Waals surface area contributed by atoms with Crippen molar-refractivity contribution in [1.29, 1.82) is 0 Å². The van der Waals surface area contributed by atoms with E-state index in [0.29, 0.717) is 15.6 Å². The van der Waals surface area contributed by atoms with Gasteiger partial charge < -0.3 is 14.4 Å². The first-order chi connectivity index (χ1) is 13.4. The minimum absolute atomic E-state index is 0.0648. The van der Waals surface area contributed by atoms with Crippen LogP contribution in [0.25, 0.3) is 0 Å². The average molecular weight is 448 g/mol. The van der Waals surface area contributed by atoms with E-state index in [9.17, 15) is 9.59 Å². The van der Waals surface area contributed by atoms with Crippen molar-refractivity contribution in [3.05, 3.63) is 33.8 Å². The maximum Gasteiger partial charge on any atom is 0.410 e. The summed E-state index contributed by atoms with van der Waals surface area (Å²) in [5.74, 6) is -1.29. The third-order valence-corrected chi connectivity index (χ3v) is 5.45. The number of likely N-dealkylation sites (tertiary alicyclic amines) is 1. The lowest BCUT2D eigenvalue weighted by Gasteiger charge is -2.41. The lowest BCUT2D eigenvalue weighted by Crippen LogP contribution is -2.49. The van der Waals surface area contributed by atoms with E-state index in [2.05, 4.69) is 0 Å². The van der Waals surface area contributed by atoms with E-state index in [1.807, 2.05) is 0 Å². The lowest BCUT2D eigenvalue weighted by molar-refractivity contribution is -0.145. The van der Waals surface area contributed by atoms with Crippen molar-refractivity contribution < 1.29 is 23.5 Å². The number of nitrogens with zero attached hydrogens (tertiary/aromatic N) is 1. The van der Waals surface area contributed by atoms with Crippen LogP contribution in [0.3, 0.4) is 0 Å². The van der Waals surface area contributed by atoms with Gasteiger partial charge in [-0.05, 0) is 58.2 Å². The van der Waals surface area contributed by atoms with E-state index in [-0.39, 0.29) is 39.0 Å². The zero-order chi connectivity index (χ0) is 21.8. The van der Waals surface area contributed by atoms with Crippen LogP contribution < -0.4 is 0 Å². The van der Waals surface area contributed by atoms with Gasteiger partial charge in [0.25, 0.3) is 0 Å². The summed E-state index contributed by atoms with van der Waals surface area (Å²) >= 11 is 12.3. The normalized spacial score (nSPS) is 17.6. The first kappa shape index (κ1) is 23.7. The van der Waals surface area contributed by atoms with E-state index in [1.165, 1.54) is 11.0 Å². The number of alkyl halides is 1. The van der Waals surface area contributed by atoms with Gasteiger partial charge in [0.1, 0.15) is 11.3 Å². The number of hydrogen-bond donors (Lipinski definition) is 0. The zero-order valence-electron chi connectivity index (χ0n) is 17.3. The molecular formula is C21H28Cl2FNO4. The Bertz CT molecular complexity index is 743. The molecule has 8 heteroatoms. The van der Waals surface area contributed by atoms with E-state index in [0.717, 1.165) is 0 Å². The fourth-order valence-corrected chi connectivity index (χ4v) is 4.02. The second kappa shape index (κ2) is 9.52. The van der Waals surface area contributed by atoms with Crippen molar-refractivity contribution in [1.82, 2.24) is 4.90 Å². The standard InChI is InChI=1S/C21H28Cl2FNO4/c1-5-28-18(26)13-16(15-7-6-14(22)12-17(15)23)21(24)8-10-25(11-9-21)19(27)29-20(2,3)4/h6-7,12,16H,5,8-11,13H2,1-4H3. The van der Waals surface area contributed by atoms with Crippen LogP contribution in [-0.2, 0) is 14.3 Å². The first-order valence-electron chi connectivity index (χ1n) is 9.72. The van der Waals surface area contributed by atoms with Gasteiger partial charge in [0.05, 0.1) is 13.0 Å². The van der Waals surface area contributed by atoms with Crippen LogP contribution in [0.2, 0.25) is 10.0 Å². The maximum atomic E-state index is 16.1. The molecule has 5 nitrogen and oxygen atoms in total. The van der Waals surface area contributed by atoms with Gasteiger partial charge in [-0.15, -0.1) is 0 Å². The van der Waals surface area contributed by atoms with E-state index in [4.69, 9.17) is 32.7 Å². The van der Waals surface area contributed by atoms with Crippen LogP contribution in [0, 0.1) is 0 Å². The molecular weight excluding hydrogens is 420 g/mol. The summed E-state index contributed by atoms with van der Waals surface area (Å²) < 4.78 is 26.5. The Hall–Kier alpha value is -1.53. The van der Waals surface area contributed by atoms with Crippen LogP contribution >= 0.6 is 23.2 Å². The predicted molar refractivity (Wildman–Crippen MR) is 111 cm³/mol. The Balaban J connectivity index is 2.22. The third kappa shape index (κ3) is 6.48. The number of ether oxygens (including phenoxy) is 2. The molecule has 1 aliphatic rings. The summed E-state index contributed by atoms with van der Waals surface area (Å²) in [6.45, 7) is 7.65. The van der Waals surface area contributed by atoms with Crippen molar-refractivity contribution in [2.45, 2.75) is 64.1 Å². The molecule has 1 fully saturated rings. The lowest BCUT2D eigenvalue weighted by atomic mass is 9.75. The fraction of sp³-hybridized carbons (Fsp3) is 0.619. The Morgan fingerprint density at radius 2 is 1.86 bits per heavy atom. The van der Waals surface area contributed by atoms with Gasteiger partial charge in [0, 0.05) is 29.1 Å². The maximum absolute atomic E-state index is 16.1. The van der Waals surface area contributed by atoms with E-state index < -0.39 is 29.3 Å². The molecule has 0 spiro atoms. The molecule has 0 aromatic heterocycles. The zero-order valence-corrected chi connectivity index (χ0v) is 18.8. The SMILES string of the molecule is CCOC(=O)CC(c1ccc(Cl)cc1Cl)C1(F)CCN(C(=O)OC(C)(C)C)CC1. The molecule has 1 amide bonds. The second-order valence-corrected chi connectivity index (χ2v) is 9.07. The molecule has 29 heavy (non-hydrogen) atoms. The number of piperidine rings is 1. The molecule has 0 saturated carbocycles. The van der Waals surface area contributed by atoms with Crippen molar-refractivity contribution >= 4 is 35.3 Å². The Morgan fingerprint density at radius 1 is 1.24 bits per heavy atom. The van der Waals surface area contributed by atoms with Crippen molar-refractivity contribution in [2.75, 3.05) is 19.7 Å². The van der Waals surface area contributed by atoms with Crippen LogP contribution in [0.1, 0.15) is 58.4 Å². The van der Waals surface area contributed by atoms with Crippen molar-refractivity contribution in [3.8, 4) is 0 Å². The summed E-state index contributed by atoms with van der Waals surface area (Å²) in [5.41, 5.74) is -1.83.